The van der Waals surface area contributed by atoms with E-state index in [9.17, 15) is 9.59 Å². The van der Waals surface area contributed by atoms with Crippen LogP contribution in [0, 0.1) is 12.8 Å². The highest BCUT2D eigenvalue weighted by Crippen LogP contribution is 2.35. The fourth-order valence-corrected chi connectivity index (χ4v) is 5.26. The lowest BCUT2D eigenvalue weighted by Crippen LogP contribution is -2.40. The first-order chi connectivity index (χ1) is 19.0. The third kappa shape index (κ3) is 7.20. The predicted molar refractivity (Wildman–Crippen MR) is 155 cm³/mol. The van der Waals surface area contributed by atoms with E-state index in [1.807, 2.05) is 65.3 Å². The number of fused-ring (bicyclic) bond motifs is 1. The van der Waals surface area contributed by atoms with Gasteiger partial charge in [-0.1, -0.05) is 66.2 Å². The molecule has 5 rings (SSSR count). The first kappa shape index (κ1) is 27.2. The molecule has 0 radical (unpaired) electrons. The fraction of sp³-hybridized carbons (Fsp3) is 0.375. The van der Waals surface area contributed by atoms with Crippen LogP contribution in [-0.4, -0.2) is 54.4 Å². The molecular weight excluding hydrogens is 510 g/mol. The van der Waals surface area contributed by atoms with Gasteiger partial charge in [-0.2, -0.15) is 0 Å². The number of ether oxygens (including phenoxy) is 1. The summed E-state index contributed by atoms with van der Waals surface area (Å²) in [7, 11) is 0. The number of rotatable bonds is 6. The first-order valence-electron chi connectivity index (χ1n) is 13.8. The van der Waals surface area contributed by atoms with Crippen LogP contribution in [0.25, 0.3) is 0 Å². The third-order valence-electron chi connectivity index (χ3n) is 7.48. The molecule has 39 heavy (non-hydrogen) atoms. The van der Waals surface area contributed by atoms with E-state index in [1.165, 1.54) is 5.56 Å². The number of benzene rings is 3. The summed E-state index contributed by atoms with van der Waals surface area (Å²) in [6, 6.07) is 23.8. The minimum Gasteiger partial charge on any atom is -0.484 e. The predicted octanol–water partition coefficient (Wildman–Crippen LogP) is 5.70. The number of para-hydroxylation sites is 1. The Labute approximate surface area is 236 Å². The van der Waals surface area contributed by atoms with Gasteiger partial charge in [-0.05, 0) is 61.1 Å². The molecule has 1 heterocycles. The Hall–Kier alpha value is -3.35. The molecule has 1 aliphatic carbocycles. The molecule has 0 spiro atoms. The summed E-state index contributed by atoms with van der Waals surface area (Å²) in [5.41, 5.74) is 3.96. The van der Waals surface area contributed by atoms with Gasteiger partial charge in [0.15, 0.2) is 6.61 Å². The molecule has 1 aliphatic heterocycles. The van der Waals surface area contributed by atoms with Gasteiger partial charge in [0.2, 0.25) is 5.91 Å². The van der Waals surface area contributed by atoms with Gasteiger partial charge in [-0.15, -0.1) is 0 Å². The number of halogens is 1. The fourth-order valence-electron chi connectivity index (χ4n) is 5.09. The van der Waals surface area contributed by atoms with Gasteiger partial charge in [0.1, 0.15) is 5.75 Å². The van der Waals surface area contributed by atoms with Crippen molar-refractivity contribution in [2.24, 2.45) is 5.92 Å². The Balaban J connectivity index is 1.42. The Morgan fingerprint density at radius 3 is 2.46 bits per heavy atom. The highest BCUT2D eigenvalue weighted by atomic mass is 35.5. The molecule has 2 amide bonds. The van der Waals surface area contributed by atoms with E-state index in [-0.39, 0.29) is 24.3 Å². The van der Waals surface area contributed by atoms with Crippen LogP contribution in [-0.2, 0) is 22.7 Å². The van der Waals surface area contributed by atoms with E-state index in [1.54, 1.807) is 0 Å². The average molecular weight is 546 g/mol. The van der Waals surface area contributed by atoms with Crippen LogP contribution < -0.4 is 9.64 Å². The number of carbonyl (C=O) groups is 2. The van der Waals surface area contributed by atoms with Gasteiger partial charge in [-0.3, -0.25) is 14.5 Å². The maximum Gasteiger partial charge on any atom is 0.260 e. The van der Waals surface area contributed by atoms with Gasteiger partial charge in [-0.25, -0.2) is 0 Å². The molecule has 1 fully saturated rings. The highest BCUT2D eigenvalue weighted by molar-refractivity contribution is 6.31. The van der Waals surface area contributed by atoms with Gasteiger partial charge < -0.3 is 14.5 Å². The number of hydrogen-bond acceptors (Lipinski definition) is 4. The molecule has 0 aromatic heterocycles. The average Bonchev–Trinajstić information content (AvgIpc) is 3.79. The third-order valence-corrected chi connectivity index (χ3v) is 7.72. The summed E-state index contributed by atoms with van der Waals surface area (Å²) >= 11 is 6.44. The summed E-state index contributed by atoms with van der Waals surface area (Å²) in [5, 5.41) is 0.587. The lowest BCUT2D eigenvalue weighted by molar-refractivity contribution is -0.134. The SMILES string of the molecule is Cc1ccccc1OCC(=O)N1CCN(Cc2ccccc2)CCCN(C(=O)C2CC2)c2cc(Cl)ccc2C1. The van der Waals surface area contributed by atoms with Crippen molar-refractivity contribution in [1.29, 1.82) is 0 Å². The maximum atomic E-state index is 13.6. The van der Waals surface area contributed by atoms with Crippen molar-refractivity contribution in [3.63, 3.8) is 0 Å². The minimum absolute atomic E-state index is 0.0445. The van der Waals surface area contributed by atoms with Gasteiger partial charge in [0.05, 0.1) is 5.69 Å². The summed E-state index contributed by atoms with van der Waals surface area (Å²) in [4.78, 5) is 33.2. The van der Waals surface area contributed by atoms with Crippen LogP contribution in [0.2, 0.25) is 5.02 Å². The zero-order valence-corrected chi connectivity index (χ0v) is 23.3. The molecule has 3 aromatic carbocycles. The summed E-state index contributed by atoms with van der Waals surface area (Å²) < 4.78 is 5.94. The number of anilines is 1. The number of carbonyl (C=O) groups excluding carboxylic acids is 2. The molecule has 7 heteroatoms. The van der Waals surface area contributed by atoms with E-state index >= 15 is 0 Å². The van der Waals surface area contributed by atoms with Crippen molar-refractivity contribution in [1.82, 2.24) is 9.80 Å². The van der Waals surface area contributed by atoms with Gasteiger partial charge in [0, 0.05) is 50.2 Å². The number of amides is 2. The van der Waals surface area contributed by atoms with Crippen molar-refractivity contribution in [2.75, 3.05) is 37.7 Å². The number of nitrogens with zero attached hydrogens (tertiary/aromatic N) is 3. The van der Waals surface area contributed by atoms with Crippen molar-refractivity contribution < 1.29 is 14.3 Å². The van der Waals surface area contributed by atoms with E-state index in [2.05, 4.69) is 29.2 Å². The van der Waals surface area contributed by atoms with E-state index in [4.69, 9.17) is 16.3 Å². The zero-order chi connectivity index (χ0) is 27.2. The van der Waals surface area contributed by atoms with Crippen LogP contribution in [0.3, 0.4) is 0 Å². The van der Waals surface area contributed by atoms with Crippen molar-refractivity contribution >= 4 is 29.1 Å². The molecule has 1 saturated carbocycles. The summed E-state index contributed by atoms with van der Waals surface area (Å²) in [6.07, 6.45) is 2.71. The molecule has 0 saturated heterocycles. The van der Waals surface area contributed by atoms with Crippen molar-refractivity contribution in [3.8, 4) is 5.75 Å². The molecule has 6 nitrogen and oxygen atoms in total. The minimum atomic E-state index is -0.0851. The van der Waals surface area contributed by atoms with E-state index in [0.717, 1.165) is 55.7 Å². The maximum absolute atomic E-state index is 13.6. The second-order valence-corrected chi connectivity index (χ2v) is 11.0. The number of aryl methyl sites for hydroxylation is 1. The second kappa shape index (κ2) is 12.7. The normalized spacial score (nSPS) is 16.8. The summed E-state index contributed by atoms with van der Waals surface area (Å²) in [6.45, 7) is 5.83. The van der Waals surface area contributed by atoms with Crippen LogP contribution in [0.15, 0.2) is 72.8 Å². The lowest BCUT2D eigenvalue weighted by Gasteiger charge is -2.28. The smallest absolute Gasteiger partial charge is 0.260 e. The molecule has 0 unspecified atom stereocenters. The Morgan fingerprint density at radius 1 is 0.923 bits per heavy atom. The summed E-state index contributed by atoms with van der Waals surface area (Å²) in [5.74, 6) is 0.872. The van der Waals surface area contributed by atoms with Gasteiger partial charge in [0.25, 0.3) is 5.91 Å². The van der Waals surface area contributed by atoms with Crippen molar-refractivity contribution in [2.45, 2.75) is 39.3 Å². The molecule has 2 aliphatic rings. The van der Waals surface area contributed by atoms with E-state index in [0.29, 0.717) is 30.4 Å². The van der Waals surface area contributed by atoms with Gasteiger partial charge >= 0.3 is 0 Å². The van der Waals surface area contributed by atoms with Crippen molar-refractivity contribution in [3.05, 3.63) is 94.5 Å². The zero-order valence-electron chi connectivity index (χ0n) is 22.5. The van der Waals surface area contributed by atoms with Crippen LogP contribution in [0.5, 0.6) is 5.75 Å². The molecule has 204 valence electrons. The van der Waals surface area contributed by atoms with E-state index < -0.39 is 0 Å². The Morgan fingerprint density at radius 2 is 1.69 bits per heavy atom. The lowest BCUT2D eigenvalue weighted by atomic mass is 10.1. The van der Waals surface area contributed by atoms with Crippen LogP contribution in [0.4, 0.5) is 5.69 Å². The molecule has 0 bridgehead atoms. The standard InChI is InChI=1S/C32H36ClN3O3/c1-24-8-5-6-11-30(24)39-23-31(37)35-19-18-34(21-25-9-3-2-4-10-25)16-7-17-36(32(38)26-12-13-26)29-20-28(33)15-14-27(29)22-35/h2-6,8-11,14-15,20,26H,7,12-13,16-19,21-23H2,1H3. The molecule has 0 atom stereocenters. The first-order valence-corrected chi connectivity index (χ1v) is 14.2. The Kier molecular flexibility index (Phi) is 8.84. The monoisotopic (exact) mass is 545 g/mol. The Bertz CT molecular complexity index is 1290. The topological polar surface area (TPSA) is 53.1 Å². The second-order valence-electron chi connectivity index (χ2n) is 10.5. The van der Waals surface area contributed by atoms with Crippen LogP contribution in [0.1, 0.15) is 36.0 Å². The highest BCUT2D eigenvalue weighted by Gasteiger charge is 2.35. The quantitative estimate of drug-likeness (QED) is 0.398. The van der Waals surface area contributed by atoms with Crippen LogP contribution >= 0.6 is 11.6 Å². The molecule has 3 aromatic rings. The molecule has 0 N–H and O–H groups in total. The molecular formula is C32H36ClN3O3. The number of hydrogen-bond donors (Lipinski definition) is 0. The largest absolute Gasteiger partial charge is 0.484 e.